The predicted molar refractivity (Wildman–Crippen MR) is 93.5 cm³/mol. The van der Waals surface area contributed by atoms with Crippen LogP contribution >= 0.6 is 0 Å². The Labute approximate surface area is 152 Å². The van der Waals surface area contributed by atoms with Crippen molar-refractivity contribution in [1.82, 2.24) is 14.9 Å². The molecule has 0 spiro atoms. The second-order valence-electron chi connectivity index (χ2n) is 6.58. The van der Waals surface area contributed by atoms with Crippen LogP contribution in [0.1, 0.15) is 18.4 Å². The van der Waals surface area contributed by atoms with E-state index in [4.69, 9.17) is 14.7 Å². The number of nitrogens with zero attached hydrogens (tertiary/aromatic N) is 3. The molecule has 0 saturated carbocycles. The quantitative estimate of drug-likeness (QED) is 0.876. The molecule has 8 nitrogen and oxygen atoms in total. The third-order valence-electron chi connectivity index (χ3n) is 4.92. The second-order valence-corrected chi connectivity index (χ2v) is 6.58. The summed E-state index contributed by atoms with van der Waals surface area (Å²) >= 11 is 0. The van der Waals surface area contributed by atoms with E-state index in [1.165, 1.54) is 5.06 Å². The zero-order valence-electron chi connectivity index (χ0n) is 14.7. The summed E-state index contributed by atoms with van der Waals surface area (Å²) in [6.45, 7) is 4.36. The van der Waals surface area contributed by atoms with Gasteiger partial charge in [-0.1, -0.05) is 30.3 Å². The number of benzene rings is 1. The molecule has 2 aliphatic heterocycles. The molecule has 2 saturated heterocycles. The van der Waals surface area contributed by atoms with E-state index in [9.17, 15) is 9.59 Å². The maximum Gasteiger partial charge on any atom is 0.525 e. The minimum atomic E-state index is -1.26. The van der Waals surface area contributed by atoms with Crippen LogP contribution in [0.4, 0.5) is 9.59 Å². The predicted octanol–water partition coefficient (Wildman–Crippen LogP) is 2.01. The lowest BCUT2D eigenvalue weighted by Gasteiger charge is -2.41. The number of ether oxygens (including phenoxy) is 1. The summed E-state index contributed by atoms with van der Waals surface area (Å²) in [6.07, 6.45) is 0.285. The fourth-order valence-electron chi connectivity index (χ4n) is 3.49. The monoisotopic (exact) mass is 363 g/mol. The van der Waals surface area contributed by atoms with Crippen LogP contribution in [0, 0.1) is 0 Å². The van der Waals surface area contributed by atoms with E-state index in [2.05, 4.69) is 4.90 Å². The molecule has 0 bridgehead atoms. The summed E-state index contributed by atoms with van der Waals surface area (Å²) in [6, 6.07) is 10.1. The first kappa shape index (κ1) is 18.5. The Hall–Kier alpha value is -2.32. The maximum absolute atomic E-state index is 12.2. The largest absolute Gasteiger partial charge is 0.525 e. The fraction of sp³-hybridized carbons (Fsp3) is 0.556. The van der Waals surface area contributed by atoms with E-state index < -0.39 is 6.16 Å². The Morgan fingerprint density at radius 3 is 2.27 bits per heavy atom. The minimum absolute atomic E-state index is 0.257. The Bertz CT molecular complexity index is 596. The number of amides is 1. The second kappa shape index (κ2) is 8.86. The van der Waals surface area contributed by atoms with E-state index in [1.54, 1.807) is 4.90 Å². The molecule has 3 rings (SSSR count). The van der Waals surface area contributed by atoms with Gasteiger partial charge in [-0.15, -0.1) is 5.06 Å². The smallest absolute Gasteiger partial charge is 0.448 e. The fourth-order valence-corrected chi connectivity index (χ4v) is 3.49. The number of carboxylic acid groups (broad SMARTS) is 1. The lowest BCUT2D eigenvalue weighted by molar-refractivity contribution is -0.144. The Balaban J connectivity index is 1.37. The number of rotatable bonds is 4. The van der Waals surface area contributed by atoms with Gasteiger partial charge in [0.25, 0.3) is 0 Å². The van der Waals surface area contributed by atoms with Crippen molar-refractivity contribution in [1.29, 1.82) is 0 Å². The molecule has 0 radical (unpaired) electrons. The van der Waals surface area contributed by atoms with Crippen LogP contribution in [0.3, 0.4) is 0 Å². The van der Waals surface area contributed by atoms with Gasteiger partial charge in [-0.25, -0.2) is 9.59 Å². The molecule has 1 N–H and O–H groups in total. The molecule has 1 aromatic rings. The summed E-state index contributed by atoms with van der Waals surface area (Å²) in [5.41, 5.74) is 0.984. The molecule has 26 heavy (non-hydrogen) atoms. The molecule has 142 valence electrons. The average Bonchev–Trinajstić information content (AvgIpc) is 2.67. The molecule has 2 heterocycles. The first-order valence-electron chi connectivity index (χ1n) is 8.97. The highest BCUT2D eigenvalue weighted by Crippen LogP contribution is 2.19. The number of hydrogen-bond donors (Lipinski definition) is 1. The molecule has 0 unspecified atom stereocenters. The van der Waals surface area contributed by atoms with Gasteiger partial charge in [-0.2, -0.15) is 0 Å². The molecular weight excluding hydrogens is 338 g/mol. The number of piperidine rings is 1. The Kier molecular flexibility index (Phi) is 6.30. The molecule has 1 aromatic carbocycles. The van der Waals surface area contributed by atoms with Crippen LogP contribution < -0.4 is 0 Å². The van der Waals surface area contributed by atoms with Crippen molar-refractivity contribution in [2.24, 2.45) is 0 Å². The highest BCUT2D eigenvalue weighted by atomic mass is 16.8. The first-order valence-corrected chi connectivity index (χ1v) is 8.97. The van der Waals surface area contributed by atoms with E-state index >= 15 is 0 Å². The number of piperazine rings is 1. The number of hydrogen-bond acceptors (Lipinski definition) is 6. The van der Waals surface area contributed by atoms with Gasteiger partial charge in [0.15, 0.2) is 0 Å². The third-order valence-corrected chi connectivity index (χ3v) is 4.92. The van der Waals surface area contributed by atoms with E-state index in [0.29, 0.717) is 38.8 Å². The molecule has 0 aromatic heterocycles. The number of likely N-dealkylation sites (tertiary alicyclic amines) is 1. The molecule has 0 aliphatic carbocycles. The van der Waals surface area contributed by atoms with Gasteiger partial charge < -0.3 is 19.6 Å². The normalized spacial score (nSPS) is 19.9. The third kappa shape index (κ3) is 5.09. The van der Waals surface area contributed by atoms with E-state index in [-0.39, 0.29) is 6.09 Å². The standard InChI is InChI=1S/C18H25N3O5/c22-17(25-14-15-4-2-1-3-5-15)20-8-6-16(7-9-20)19-10-12-21(13-11-19)26-18(23)24/h1-5,16H,6-14H2,(H,23,24). The van der Waals surface area contributed by atoms with Gasteiger partial charge >= 0.3 is 12.2 Å². The Morgan fingerprint density at radius 1 is 1.00 bits per heavy atom. The average molecular weight is 363 g/mol. The van der Waals surface area contributed by atoms with Gasteiger partial charge in [0.05, 0.1) is 0 Å². The van der Waals surface area contributed by atoms with Crippen LogP contribution in [0.15, 0.2) is 30.3 Å². The van der Waals surface area contributed by atoms with Crippen molar-refractivity contribution < 1.29 is 24.3 Å². The van der Waals surface area contributed by atoms with Crippen LogP contribution in [-0.4, -0.2) is 77.5 Å². The van der Waals surface area contributed by atoms with E-state index in [0.717, 1.165) is 31.5 Å². The molecule has 1 amide bonds. The van der Waals surface area contributed by atoms with Gasteiger partial charge in [0, 0.05) is 45.3 Å². The van der Waals surface area contributed by atoms with Crippen LogP contribution in [0.25, 0.3) is 0 Å². The lowest BCUT2D eigenvalue weighted by Crippen LogP contribution is -2.53. The first-order chi connectivity index (χ1) is 12.6. The van der Waals surface area contributed by atoms with Crippen LogP contribution in [-0.2, 0) is 16.2 Å². The number of hydroxylamine groups is 2. The minimum Gasteiger partial charge on any atom is -0.448 e. The SMILES string of the molecule is O=C(O)ON1CCN(C2CCN(C(=O)OCc3ccccc3)CC2)CC1. The highest BCUT2D eigenvalue weighted by Gasteiger charge is 2.30. The molecule has 0 atom stereocenters. The molecule has 8 heteroatoms. The van der Waals surface area contributed by atoms with Gasteiger partial charge in [0.1, 0.15) is 6.61 Å². The molecule has 2 fully saturated rings. The van der Waals surface area contributed by atoms with Crippen molar-refractivity contribution in [3.8, 4) is 0 Å². The lowest BCUT2D eigenvalue weighted by atomic mass is 10.0. The van der Waals surface area contributed by atoms with Crippen LogP contribution in [0.2, 0.25) is 0 Å². The van der Waals surface area contributed by atoms with Crippen molar-refractivity contribution in [2.75, 3.05) is 39.3 Å². The van der Waals surface area contributed by atoms with Crippen molar-refractivity contribution in [3.63, 3.8) is 0 Å². The summed E-state index contributed by atoms with van der Waals surface area (Å²) in [5, 5.41) is 10.1. The van der Waals surface area contributed by atoms with Gasteiger partial charge in [-0.3, -0.25) is 4.90 Å². The van der Waals surface area contributed by atoms with Crippen LogP contribution in [0.5, 0.6) is 0 Å². The topological polar surface area (TPSA) is 82.6 Å². The van der Waals surface area contributed by atoms with Gasteiger partial charge in [-0.05, 0) is 18.4 Å². The van der Waals surface area contributed by atoms with Gasteiger partial charge in [0.2, 0.25) is 0 Å². The summed E-state index contributed by atoms with van der Waals surface area (Å²) in [7, 11) is 0. The molecular formula is C18H25N3O5. The zero-order chi connectivity index (χ0) is 18.4. The summed E-state index contributed by atoms with van der Waals surface area (Å²) in [4.78, 5) is 31.6. The highest BCUT2D eigenvalue weighted by molar-refractivity contribution is 5.67. The van der Waals surface area contributed by atoms with E-state index in [1.807, 2.05) is 30.3 Å². The van der Waals surface area contributed by atoms with Crippen molar-refractivity contribution in [2.45, 2.75) is 25.5 Å². The van der Waals surface area contributed by atoms with Crippen molar-refractivity contribution >= 4 is 12.2 Å². The number of carbonyl (C=O) groups excluding carboxylic acids is 1. The maximum atomic E-state index is 12.2. The Morgan fingerprint density at radius 2 is 1.65 bits per heavy atom. The molecule has 2 aliphatic rings. The van der Waals surface area contributed by atoms with Crippen molar-refractivity contribution in [3.05, 3.63) is 35.9 Å². The summed E-state index contributed by atoms with van der Waals surface area (Å²) in [5.74, 6) is 0. The zero-order valence-corrected chi connectivity index (χ0v) is 14.7. The number of carbonyl (C=O) groups is 2. The summed E-state index contributed by atoms with van der Waals surface area (Å²) < 4.78 is 5.39.